The van der Waals surface area contributed by atoms with Gasteiger partial charge in [0, 0.05) is 38.8 Å². The SMILES string of the molecule is CC(C)(C)c1ccc(N2B3c4c(cc(C(C)(C)C)cc4-n4c5ccc(C(C)(C)C)cc5c5cc(C(C)(C)C)cc3c54)C3=C2c2cc(C(C)(C)C)ccc2C3(C)C)cc1. The number of benzene rings is 5. The average Bonchev–Trinajstić information content (AvgIpc) is 3.56. The van der Waals surface area contributed by atoms with Crippen LogP contribution in [0.25, 0.3) is 38.8 Å². The van der Waals surface area contributed by atoms with Crippen LogP contribution >= 0.6 is 0 Å². The Balaban J connectivity index is 1.50. The van der Waals surface area contributed by atoms with Gasteiger partial charge in [0.25, 0.3) is 0 Å². The van der Waals surface area contributed by atoms with E-state index in [4.69, 9.17) is 0 Å². The predicted molar refractivity (Wildman–Crippen MR) is 255 cm³/mol. The molecule has 1 aromatic heterocycles. The fourth-order valence-corrected chi connectivity index (χ4v) is 10.3. The van der Waals surface area contributed by atoms with Crippen LogP contribution in [0.3, 0.4) is 0 Å². The molecule has 58 heavy (non-hydrogen) atoms. The van der Waals surface area contributed by atoms with E-state index in [2.05, 4.69) is 212 Å². The Bertz CT molecular complexity index is 2750. The predicted octanol–water partition coefficient (Wildman–Crippen LogP) is 13.4. The van der Waals surface area contributed by atoms with Crippen LogP contribution in [0.4, 0.5) is 5.69 Å². The summed E-state index contributed by atoms with van der Waals surface area (Å²) in [6, 6.07) is 34.6. The lowest BCUT2D eigenvalue weighted by Gasteiger charge is -2.44. The highest BCUT2D eigenvalue weighted by molar-refractivity contribution is 6.94. The Hall–Kier alpha value is -4.50. The zero-order valence-corrected chi connectivity index (χ0v) is 38.6. The van der Waals surface area contributed by atoms with Crippen molar-refractivity contribution in [1.29, 1.82) is 0 Å². The van der Waals surface area contributed by atoms with Crippen molar-refractivity contribution in [3.63, 3.8) is 0 Å². The number of anilines is 1. The first kappa shape index (κ1) is 39.0. The van der Waals surface area contributed by atoms with Crippen molar-refractivity contribution < 1.29 is 0 Å². The summed E-state index contributed by atoms with van der Waals surface area (Å²) in [6.45, 7) is 40.3. The summed E-state index contributed by atoms with van der Waals surface area (Å²) < 4.78 is 2.67. The van der Waals surface area contributed by atoms with Crippen molar-refractivity contribution in [2.45, 2.75) is 150 Å². The van der Waals surface area contributed by atoms with Crippen LogP contribution in [0.15, 0.2) is 84.9 Å². The molecule has 3 heteroatoms. The molecule has 9 rings (SSSR count). The fourth-order valence-electron chi connectivity index (χ4n) is 10.3. The van der Waals surface area contributed by atoms with Crippen molar-refractivity contribution in [3.8, 4) is 5.69 Å². The van der Waals surface area contributed by atoms with Gasteiger partial charge in [0.1, 0.15) is 0 Å². The maximum absolute atomic E-state index is 2.79. The summed E-state index contributed by atoms with van der Waals surface area (Å²) in [5.41, 5.74) is 21.8. The molecule has 298 valence electrons. The highest BCUT2D eigenvalue weighted by Gasteiger charge is 2.52. The number of allylic oxidation sites excluding steroid dienone is 1. The summed E-state index contributed by atoms with van der Waals surface area (Å²) in [5, 5.41) is 2.72. The van der Waals surface area contributed by atoms with Crippen molar-refractivity contribution in [2.24, 2.45) is 0 Å². The van der Waals surface area contributed by atoms with E-state index in [1.165, 1.54) is 99.9 Å². The standard InChI is InChI=1S/C55H65BN2/c1-50(2,3)32-18-22-37(23-19-32)58-49-40-27-33(51(4,5)6)20-24-42(40)55(16,17)46(49)41-29-36(54(13,14)15)31-45-47(41)56(58)43-30-35(53(10,11)12)28-39-38-26-34(52(7,8)9)21-25-44(38)57(45)48(39)43/h18-31H,1-17H3. The number of hydrogen-bond donors (Lipinski definition) is 0. The quantitative estimate of drug-likeness (QED) is 0.151. The maximum Gasteiger partial charge on any atom is 0.333 e. The summed E-state index contributed by atoms with van der Waals surface area (Å²) in [5.74, 6) is 0. The minimum absolute atomic E-state index is 0.0196. The third-order valence-electron chi connectivity index (χ3n) is 13.9. The molecule has 0 radical (unpaired) electrons. The van der Waals surface area contributed by atoms with Crippen LogP contribution in [0, 0.1) is 0 Å². The van der Waals surface area contributed by atoms with Crippen molar-refractivity contribution in [3.05, 3.63) is 129 Å². The van der Waals surface area contributed by atoms with Crippen LogP contribution in [-0.4, -0.2) is 11.4 Å². The monoisotopic (exact) mass is 765 g/mol. The number of aromatic nitrogens is 1. The normalized spacial score (nSPS) is 16.4. The summed E-state index contributed by atoms with van der Waals surface area (Å²) in [6.07, 6.45) is 0. The molecule has 0 bridgehead atoms. The second-order valence-corrected chi connectivity index (χ2v) is 23.7. The van der Waals surface area contributed by atoms with Gasteiger partial charge in [-0.2, -0.15) is 0 Å². The fraction of sp³-hybridized carbons (Fsp3) is 0.418. The summed E-state index contributed by atoms with van der Waals surface area (Å²) >= 11 is 0. The minimum Gasteiger partial charge on any atom is -0.376 e. The molecule has 0 fully saturated rings. The Morgan fingerprint density at radius 2 is 0.983 bits per heavy atom. The highest BCUT2D eigenvalue weighted by atomic mass is 15.1. The largest absolute Gasteiger partial charge is 0.376 e. The second kappa shape index (κ2) is 11.8. The molecular weight excluding hydrogens is 699 g/mol. The molecule has 0 spiro atoms. The van der Waals surface area contributed by atoms with Crippen LogP contribution in [0.1, 0.15) is 162 Å². The van der Waals surface area contributed by atoms with Gasteiger partial charge in [0.2, 0.25) is 0 Å². The van der Waals surface area contributed by atoms with Crippen LogP contribution in [-0.2, 0) is 32.5 Å². The number of nitrogens with zero attached hydrogens (tertiary/aromatic N) is 2. The minimum atomic E-state index is -0.219. The molecule has 6 aromatic rings. The van der Waals surface area contributed by atoms with Gasteiger partial charge in [-0.15, -0.1) is 0 Å². The van der Waals surface area contributed by atoms with E-state index in [0.29, 0.717) is 0 Å². The zero-order valence-electron chi connectivity index (χ0n) is 38.6. The Labute approximate surface area is 349 Å². The van der Waals surface area contributed by atoms with Gasteiger partial charge in [-0.05, 0) is 125 Å². The first-order valence-electron chi connectivity index (χ1n) is 21.8. The van der Waals surface area contributed by atoms with E-state index < -0.39 is 0 Å². The van der Waals surface area contributed by atoms with E-state index in [-0.39, 0.29) is 39.3 Å². The molecular formula is C55H65BN2. The molecule has 0 saturated heterocycles. The van der Waals surface area contributed by atoms with E-state index in [1.807, 2.05) is 0 Å². The Morgan fingerprint density at radius 3 is 1.57 bits per heavy atom. The molecule has 0 unspecified atom stereocenters. The van der Waals surface area contributed by atoms with Gasteiger partial charge < -0.3 is 9.38 Å². The molecule has 0 saturated carbocycles. The topological polar surface area (TPSA) is 8.17 Å². The summed E-state index contributed by atoms with van der Waals surface area (Å²) in [4.78, 5) is 2.79. The Kier molecular flexibility index (Phi) is 7.95. The van der Waals surface area contributed by atoms with Gasteiger partial charge in [-0.3, -0.25) is 0 Å². The molecule has 0 amide bonds. The van der Waals surface area contributed by atoms with Gasteiger partial charge in [0.05, 0.1) is 11.0 Å². The smallest absolute Gasteiger partial charge is 0.333 e. The number of rotatable bonds is 1. The molecule has 2 nitrogen and oxygen atoms in total. The molecule has 0 N–H and O–H groups in total. The first-order chi connectivity index (χ1) is 26.7. The molecule has 3 aliphatic rings. The molecule has 2 aliphatic heterocycles. The molecule has 5 aromatic carbocycles. The molecule has 0 atom stereocenters. The van der Waals surface area contributed by atoms with Gasteiger partial charge in [0.15, 0.2) is 0 Å². The van der Waals surface area contributed by atoms with Crippen LogP contribution in [0.2, 0.25) is 0 Å². The lowest BCUT2D eigenvalue weighted by Crippen LogP contribution is -2.62. The number of hydrogen-bond acceptors (Lipinski definition) is 1. The van der Waals surface area contributed by atoms with Gasteiger partial charge in [-0.25, -0.2) is 0 Å². The van der Waals surface area contributed by atoms with Crippen molar-refractivity contribution in [1.82, 2.24) is 4.57 Å². The van der Waals surface area contributed by atoms with Crippen LogP contribution in [0.5, 0.6) is 0 Å². The Morgan fingerprint density at radius 1 is 0.483 bits per heavy atom. The van der Waals surface area contributed by atoms with E-state index in [0.717, 1.165) is 0 Å². The third kappa shape index (κ3) is 5.58. The first-order valence-corrected chi connectivity index (χ1v) is 21.8. The van der Waals surface area contributed by atoms with E-state index in [9.17, 15) is 0 Å². The summed E-state index contributed by atoms with van der Waals surface area (Å²) in [7, 11) is 0. The molecule has 3 heterocycles. The van der Waals surface area contributed by atoms with Crippen molar-refractivity contribution in [2.75, 3.05) is 4.81 Å². The van der Waals surface area contributed by atoms with E-state index >= 15 is 0 Å². The highest BCUT2D eigenvalue weighted by Crippen LogP contribution is 2.56. The van der Waals surface area contributed by atoms with E-state index in [1.54, 1.807) is 0 Å². The zero-order chi connectivity index (χ0) is 42.0. The molecule has 1 aliphatic carbocycles. The average molecular weight is 765 g/mol. The van der Waals surface area contributed by atoms with Gasteiger partial charge in [-0.1, -0.05) is 160 Å². The maximum atomic E-state index is 2.79. The second-order valence-electron chi connectivity index (χ2n) is 23.7. The van der Waals surface area contributed by atoms with Gasteiger partial charge >= 0.3 is 6.85 Å². The number of fused-ring (bicyclic) bond motifs is 8. The lowest BCUT2D eigenvalue weighted by atomic mass is 9.43. The lowest BCUT2D eigenvalue weighted by molar-refractivity contribution is 0.588. The van der Waals surface area contributed by atoms with Crippen LogP contribution < -0.4 is 15.7 Å². The van der Waals surface area contributed by atoms with Crippen molar-refractivity contribution >= 4 is 56.5 Å². The third-order valence-corrected chi connectivity index (χ3v) is 13.9.